The third kappa shape index (κ3) is 2.84. The second kappa shape index (κ2) is 6.66. The topological polar surface area (TPSA) is 118 Å². The van der Waals surface area contributed by atoms with Crippen LogP contribution in [0, 0.1) is 27.9 Å². The summed E-state index contributed by atoms with van der Waals surface area (Å²) in [6.07, 6.45) is 3.99. The number of amides is 1. The van der Waals surface area contributed by atoms with Crippen molar-refractivity contribution in [2.75, 3.05) is 18.0 Å². The van der Waals surface area contributed by atoms with E-state index in [1.54, 1.807) is 6.07 Å². The molecule has 0 radical (unpaired) electrons. The van der Waals surface area contributed by atoms with Crippen LogP contribution in [0.3, 0.4) is 0 Å². The van der Waals surface area contributed by atoms with E-state index in [-0.39, 0.29) is 47.6 Å². The molecule has 6 atom stereocenters. The lowest BCUT2D eigenvalue weighted by Crippen LogP contribution is -2.49. The predicted octanol–water partition coefficient (Wildman–Crippen LogP) is 0.859. The average Bonchev–Trinajstić information content (AvgIpc) is 3.27. The average molecular weight is 388 g/mol. The summed E-state index contributed by atoms with van der Waals surface area (Å²) in [5, 5.41) is 24.8. The second-order valence-electron chi connectivity index (χ2n) is 8.47. The minimum atomic E-state index is -0.606. The number of aliphatic hydroxyl groups is 1. The number of carbonyl (C=O) groups is 1. The summed E-state index contributed by atoms with van der Waals surface area (Å²) in [7, 11) is 0. The summed E-state index contributed by atoms with van der Waals surface area (Å²) in [5.41, 5.74) is -0.0458. The van der Waals surface area contributed by atoms with Gasteiger partial charge in [-0.3, -0.25) is 14.9 Å². The third-order valence-corrected chi connectivity index (χ3v) is 6.92. The molecule has 1 amide bonds. The van der Waals surface area contributed by atoms with E-state index >= 15 is 0 Å². The summed E-state index contributed by atoms with van der Waals surface area (Å²) < 4.78 is 6.08. The second-order valence-corrected chi connectivity index (χ2v) is 8.47. The van der Waals surface area contributed by atoms with Crippen molar-refractivity contribution < 1.29 is 19.6 Å². The van der Waals surface area contributed by atoms with Crippen LogP contribution in [0.25, 0.3) is 0 Å². The molecule has 1 aromatic rings. The number of hydrogen-bond donors (Lipinski definition) is 2. The highest BCUT2D eigenvalue weighted by molar-refractivity contribution is 5.80. The van der Waals surface area contributed by atoms with Crippen molar-refractivity contribution in [2.45, 2.75) is 50.0 Å². The van der Waals surface area contributed by atoms with Gasteiger partial charge in [0.2, 0.25) is 5.91 Å². The van der Waals surface area contributed by atoms with Gasteiger partial charge in [0.05, 0.1) is 29.2 Å². The van der Waals surface area contributed by atoms with Crippen molar-refractivity contribution in [2.24, 2.45) is 17.8 Å². The quantitative estimate of drug-likeness (QED) is 0.580. The van der Waals surface area contributed by atoms with E-state index in [1.807, 2.05) is 4.90 Å². The van der Waals surface area contributed by atoms with Crippen molar-refractivity contribution in [1.82, 2.24) is 10.3 Å². The molecule has 2 bridgehead atoms. The molecule has 4 heterocycles. The zero-order chi connectivity index (χ0) is 19.4. The van der Waals surface area contributed by atoms with Crippen LogP contribution in [0.15, 0.2) is 18.3 Å². The zero-order valence-corrected chi connectivity index (χ0v) is 15.4. The Labute approximate surface area is 162 Å². The number of anilines is 1. The van der Waals surface area contributed by atoms with Crippen molar-refractivity contribution in [1.29, 1.82) is 0 Å². The molecule has 1 aliphatic carbocycles. The minimum absolute atomic E-state index is 0.0160. The van der Waals surface area contributed by atoms with Crippen LogP contribution >= 0.6 is 0 Å². The van der Waals surface area contributed by atoms with E-state index in [9.17, 15) is 20.0 Å². The monoisotopic (exact) mass is 388 g/mol. The lowest BCUT2D eigenvalue weighted by Gasteiger charge is -2.36. The molecular weight excluding hydrogens is 364 g/mol. The van der Waals surface area contributed by atoms with Crippen LogP contribution in [-0.4, -0.2) is 58.4 Å². The Morgan fingerprint density at radius 1 is 1.32 bits per heavy atom. The number of aliphatic hydroxyl groups excluding tert-OH is 1. The van der Waals surface area contributed by atoms with Gasteiger partial charge in [-0.15, -0.1) is 0 Å². The van der Waals surface area contributed by atoms with E-state index in [0.717, 1.165) is 12.8 Å². The van der Waals surface area contributed by atoms with Crippen molar-refractivity contribution in [3.8, 4) is 0 Å². The maximum atomic E-state index is 12.8. The van der Waals surface area contributed by atoms with Crippen LogP contribution in [0.2, 0.25) is 0 Å². The Bertz CT molecular complexity index is 783. The summed E-state index contributed by atoms with van der Waals surface area (Å²) in [4.78, 5) is 29.4. The van der Waals surface area contributed by atoms with Gasteiger partial charge in [-0.2, -0.15) is 0 Å². The highest BCUT2D eigenvalue weighted by Gasteiger charge is 2.58. The Hall–Kier alpha value is -2.26. The van der Waals surface area contributed by atoms with Gasteiger partial charge in [-0.1, -0.05) is 0 Å². The number of carbonyl (C=O) groups excluding carboxylic acids is 1. The number of rotatable bonds is 4. The van der Waals surface area contributed by atoms with Gasteiger partial charge in [0, 0.05) is 37.0 Å². The van der Waals surface area contributed by atoms with Gasteiger partial charge in [0.15, 0.2) is 0 Å². The van der Waals surface area contributed by atoms with Gasteiger partial charge in [-0.05, 0) is 31.7 Å². The van der Waals surface area contributed by atoms with Crippen LogP contribution < -0.4 is 10.2 Å². The third-order valence-electron chi connectivity index (χ3n) is 6.92. The van der Waals surface area contributed by atoms with Crippen LogP contribution in [-0.2, 0) is 9.53 Å². The van der Waals surface area contributed by atoms with Crippen LogP contribution in [0.5, 0.6) is 0 Å². The predicted molar refractivity (Wildman–Crippen MR) is 98.6 cm³/mol. The molecule has 4 aliphatic rings. The Kier molecular flexibility index (Phi) is 4.24. The standard InChI is InChI=1S/C19H24N4O5/c24-17-13-8-22(16-5-4-11(7-20-16)23(26)27)9-14(13)18-12(6-15(17)28-18)19(25)21-10-2-1-3-10/h4-5,7,10,12-15,17-18,24H,1-3,6,8-9H2,(H,21,25)/t12?,13-,14+,15+,17+,18-/m1/s1. The number of nitrogens with one attached hydrogen (secondary N) is 1. The maximum Gasteiger partial charge on any atom is 0.287 e. The van der Waals surface area contributed by atoms with Crippen molar-refractivity contribution in [3.05, 3.63) is 28.4 Å². The Morgan fingerprint density at radius 2 is 2.11 bits per heavy atom. The normalized spacial score (nSPS) is 36.7. The Balaban J connectivity index is 1.32. The molecule has 2 N–H and O–H groups in total. The molecule has 0 aromatic carbocycles. The molecule has 9 nitrogen and oxygen atoms in total. The van der Waals surface area contributed by atoms with E-state index in [1.165, 1.54) is 18.7 Å². The number of fused-ring (bicyclic) bond motifs is 4. The Morgan fingerprint density at radius 3 is 2.75 bits per heavy atom. The van der Waals surface area contributed by atoms with Gasteiger partial charge in [-0.25, -0.2) is 4.98 Å². The SMILES string of the molecule is O=C(NC1CCC1)C1C[C@@H]2O[C@H]1[C@H]1CN(c3ccc([N+](=O)[O-])cn3)C[C@H]1[C@@H]2O. The molecular formula is C19H24N4O5. The summed E-state index contributed by atoms with van der Waals surface area (Å²) in [6, 6.07) is 3.37. The molecule has 9 heteroatoms. The van der Waals surface area contributed by atoms with Crippen LogP contribution in [0.4, 0.5) is 11.5 Å². The molecule has 5 rings (SSSR count). The molecule has 4 fully saturated rings. The van der Waals surface area contributed by atoms with Crippen molar-refractivity contribution in [3.63, 3.8) is 0 Å². The fourth-order valence-electron chi connectivity index (χ4n) is 5.17. The number of aromatic nitrogens is 1. The summed E-state index contributed by atoms with van der Waals surface area (Å²) in [5.74, 6) is 0.542. The van der Waals surface area contributed by atoms with Gasteiger partial charge in [0.25, 0.3) is 5.69 Å². The number of hydrogen-bond acceptors (Lipinski definition) is 7. The molecule has 3 saturated heterocycles. The van der Waals surface area contributed by atoms with E-state index in [2.05, 4.69) is 10.3 Å². The molecule has 1 saturated carbocycles. The maximum absolute atomic E-state index is 12.8. The summed E-state index contributed by atoms with van der Waals surface area (Å²) in [6.45, 7) is 1.24. The fourth-order valence-corrected chi connectivity index (χ4v) is 5.17. The molecule has 3 aliphatic heterocycles. The van der Waals surface area contributed by atoms with Gasteiger partial charge >= 0.3 is 0 Å². The first-order valence-corrected chi connectivity index (χ1v) is 10.0. The van der Waals surface area contributed by atoms with E-state index in [0.29, 0.717) is 25.3 Å². The first-order valence-electron chi connectivity index (χ1n) is 10.0. The molecule has 1 aromatic heterocycles. The smallest absolute Gasteiger partial charge is 0.287 e. The molecule has 0 spiro atoms. The largest absolute Gasteiger partial charge is 0.390 e. The highest BCUT2D eigenvalue weighted by Crippen LogP contribution is 2.47. The number of nitrogens with zero attached hydrogens (tertiary/aromatic N) is 3. The lowest BCUT2D eigenvalue weighted by molar-refractivity contribution is -0.385. The first-order chi connectivity index (χ1) is 13.5. The van der Waals surface area contributed by atoms with Crippen LogP contribution in [0.1, 0.15) is 25.7 Å². The molecule has 28 heavy (non-hydrogen) atoms. The van der Waals surface area contributed by atoms with E-state index < -0.39 is 11.0 Å². The van der Waals surface area contributed by atoms with Gasteiger partial charge < -0.3 is 20.1 Å². The number of nitro groups is 1. The van der Waals surface area contributed by atoms with Crippen molar-refractivity contribution >= 4 is 17.4 Å². The minimum Gasteiger partial charge on any atom is -0.390 e. The molecule has 150 valence electrons. The zero-order valence-electron chi connectivity index (χ0n) is 15.4. The first kappa shape index (κ1) is 17.8. The van der Waals surface area contributed by atoms with E-state index in [4.69, 9.17) is 4.74 Å². The number of ether oxygens (including phenoxy) is 1. The highest BCUT2D eigenvalue weighted by atomic mass is 16.6. The fraction of sp³-hybridized carbons (Fsp3) is 0.684. The van der Waals surface area contributed by atoms with Gasteiger partial charge in [0.1, 0.15) is 12.0 Å². The molecule has 1 unspecified atom stereocenters. The summed E-state index contributed by atoms with van der Waals surface area (Å²) >= 11 is 0. The number of pyridine rings is 1. The lowest BCUT2D eigenvalue weighted by atomic mass is 9.82.